The fraction of sp³-hybridized carbons (Fsp3) is 0.286. The maximum absolute atomic E-state index is 14.9. The molecule has 3 amide bonds. The first-order valence-corrected chi connectivity index (χ1v) is 15.2. The van der Waals surface area contributed by atoms with Gasteiger partial charge in [0, 0.05) is 18.8 Å². The van der Waals surface area contributed by atoms with Gasteiger partial charge in [0.15, 0.2) is 0 Å². The molecule has 44 heavy (non-hydrogen) atoms. The third-order valence-electron chi connectivity index (χ3n) is 9.32. The summed E-state index contributed by atoms with van der Waals surface area (Å²) in [7, 11) is 0. The molecular formula is C35H32ClN3O5. The number of fused-ring (bicyclic) bond motifs is 2. The zero-order valence-electron chi connectivity index (χ0n) is 24.1. The zero-order valence-corrected chi connectivity index (χ0v) is 24.9. The zero-order chi connectivity index (χ0) is 30.6. The molecular weight excluding hydrogens is 578 g/mol. The predicted octanol–water partition coefficient (Wildman–Crippen LogP) is 4.47. The van der Waals surface area contributed by atoms with Crippen LogP contribution in [-0.2, 0) is 19.1 Å². The SMILES string of the molecule is Cc1cccc(Cl)c1N1CC=C[C@]23O[C@H]4C=CCN(c5ccccc5)C(=O)[C@H]4[C@H]2C(=O)N([C@H](CO)c2ccccc2)C3C1=O. The third kappa shape index (κ3) is 4.24. The fourth-order valence-electron chi connectivity index (χ4n) is 7.45. The third-order valence-corrected chi connectivity index (χ3v) is 9.62. The number of aliphatic hydroxyl groups excluding tert-OH is 1. The molecule has 0 saturated carbocycles. The summed E-state index contributed by atoms with van der Waals surface area (Å²) >= 11 is 6.67. The molecule has 8 nitrogen and oxygen atoms in total. The number of nitrogens with zero attached hydrogens (tertiary/aromatic N) is 3. The Morgan fingerprint density at radius 2 is 1.59 bits per heavy atom. The topological polar surface area (TPSA) is 90.4 Å². The Kier molecular flexibility index (Phi) is 7.16. The second-order valence-electron chi connectivity index (χ2n) is 11.7. The molecule has 3 aromatic carbocycles. The Morgan fingerprint density at radius 3 is 2.30 bits per heavy atom. The Hall–Kier alpha value is -4.24. The van der Waals surface area contributed by atoms with Crippen molar-refractivity contribution in [3.05, 3.63) is 119 Å². The minimum Gasteiger partial charge on any atom is -0.394 e. The maximum atomic E-state index is 14.9. The summed E-state index contributed by atoms with van der Waals surface area (Å²) in [6.45, 7) is 1.99. The van der Waals surface area contributed by atoms with E-state index in [1.165, 1.54) is 4.90 Å². The first kappa shape index (κ1) is 28.5. The summed E-state index contributed by atoms with van der Waals surface area (Å²) in [5, 5.41) is 11.2. The standard InChI is InChI=1S/C35H32ClN3O5/c1-22-11-8-16-25(36)30(22)38-20-10-18-35-29(28-27(44-35)17-9-19-37(32(28)41)24-14-6-3-7-15-24)33(42)39(31(35)34(38)43)26(21-40)23-12-4-2-5-13-23/h2-18,26-29,31,40H,19-21H2,1H3/t26-,27+,28-,29+,31?,35+/m1/s1. The predicted molar refractivity (Wildman–Crippen MR) is 167 cm³/mol. The number of rotatable bonds is 5. The molecule has 1 unspecified atom stereocenters. The van der Waals surface area contributed by atoms with E-state index >= 15 is 0 Å². The van der Waals surface area contributed by atoms with Crippen LogP contribution >= 0.6 is 11.6 Å². The van der Waals surface area contributed by atoms with Crippen molar-refractivity contribution in [2.75, 3.05) is 29.5 Å². The number of para-hydroxylation sites is 2. The highest BCUT2D eigenvalue weighted by Gasteiger charge is 2.72. The number of hydrogen-bond donors (Lipinski definition) is 1. The molecule has 1 N–H and O–H groups in total. The molecule has 1 spiro atoms. The molecule has 4 aliphatic rings. The number of aryl methyl sites for hydroxylation is 1. The van der Waals surface area contributed by atoms with Crippen LogP contribution < -0.4 is 9.80 Å². The molecule has 3 aromatic rings. The van der Waals surface area contributed by atoms with Crippen molar-refractivity contribution in [2.24, 2.45) is 11.8 Å². The van der Waals surface area contributed by atoms with E-state index in [2.05, 4.69) is 0 Å². The van der Waals surface area contributed by atoms with Gasteiger partial charge in [-0.3, -0.25) is 14.4 Å². The molecule has 6 atom stereocenters. The van der Waals surface area contributed by atoms with Crippen LogP contribution in [0.15, 0.2) is 103 Å². The van der Waals surface area contributed by atoms with Gasteiger partial charge >= 0.3 is 0 Å². The number of ether oxygens (including phenoxy) is 1. The van der Waals surface area contributed by atoms with Crippen molar-refractivity contribution in [2.45, 2.75) is 30.7 Å². The number of halogens is 1. The summed E-state index contributed by atoms with van der Waals surface area (Å²) in [6.07, 6.45) is 6.63. The smallest absolute Gasteiger partial charge is 0.253 e. The van der Waals surface area contributed by atoms with Crippen molar-refractivity contribution in [1.29, 1.82) is 0 Å². The lowest BCUT2D eigenvalue weighted by Crippen LogP contribution is -2.56. The van der Waals surface area contributed by atoms with E-state index < -0.39 is 48.1 Å². The average molecular weight is 610 g/mol. The van der Waals surface area contributed by atoms with Gasteiger partial charge in [-0.05, 0) is 36.2 Å². The van der Waals surface area contributed by atoms with E-state index in [-0.39, 0.29) is 18.4 Å². The van der Waals surface area contributed by atoms with Gasteiger partial charge in [0.1, 0.15) is 11.6 Å². The number of hydrogen-bond acceptors (Lipinski definition) is 5. The number of carbonyl (C=O) groups is 3. The number of aliphatic hydroxyl groups is 1. The molecule has 7 rings (SSSR count). The van der Waals surface area contributed by atoms with Crippen molar-refractivity contribution in [1.82, 2.24) is 4.90 Å². The number of amides is 3. The van der Waals surface area contributed by atoms with Gasteiger partial charge in [0.05, 0.1) is 41.3 Å². The number of carbonyl (C=O) groups excluding carboxylic acids is 3. The lowest BCUT2D eigenvalue weighted by Gasteiger charge is -2.39. The lowest BCUT2D eigenvalue weighted by atomic mass is 9.77. The summed E-state index contributed by atoms with van der Waals surface area (Å²) in [5.41, 5.74) is 1.30. The minimum atomic E-state index is -1.45. The first-order chi connectivity index (χ1) is 21.4. The van der Waals surface area contributed by atoms with Gasteiger partial charge in [0.25, 0.3) is 5.91 Å². The van der Waals surface area contributed by atoms with Crippen molar-refractivity contribution in [3.8, 4) is 0 Å². The normalized spacial score (nSPS) is 28.4. The first-order valence-electron chi connectivity index (χ1n) is 14.8. The fourth-order valence-corrected chi connectivity index (χ4v) is 7.77. The van der Waals surface area contributed by atoms with Crippen LogP contribution in [-0.4, -0.2) is 65.2 Å². The van der Waals surface area contributed by atoms with E-state index in [4.69, 9.17) is 16.3 Å². The average Bonchev–Trinajstić information content (AvgIpc) is 3.35. The highest BCUT2D eigenvalue weighted by atomic mass is 35.5. The molecule has 0 radical (unpaired) electrons. The summed E-state index contributed by atoms with van der Waals surface area (Å²) in [4.78, 5) is 48.8. The molecule has 9 heteroatoms. The second-order valence-corrected chi connectivity index (χ2v) is 12.1. The summed E-state index contributed by atoms with van der Waals surface area (Å²) < 4.78 is 6.80. The van der Waals surface area contributed by atoms with Crippen molar-refractivity contribution in [3.63, 3.8) is 0 Å². The molecule has 0 aromatic heterocycles. The van der Waals surface area contributed by atoms with E-state index in [9.17, 15) is 19.5 Å². The van der Waals surface area contributed by atoms with Crippen LogP contribution in [0.1, 0.15) is 17.2 Å². The molecule has 2 saturated heterocycles. The van der Waals surface area contributed by atoms with Crippen LogP contribution in [0.25, 0.3) is 0 Å². The highest BCUT2D eigenvalue weighted by molar-refractivity contribution is 6.34. The lowest BCUT2D eigenvalue weighted by molar-refractivity contribution is -0.144. The van der Waals surface area contributed by atoms with Crippen molar-refractivity contribution >= 4 is 40.7 Å². The van der Waals surface area contributed by atoms with E-state index in [1.807, 2.05) is 97.9 Å². The van der Waals surface area contributed by atoms with Gasteiger partial charge in [-0.1, -0.05) is 96.6 Å². The van der Waals surface area contributed by atoms with Crippen LogP contribution in [0.4, 0.5) is 11.4 Å². The van der Waals surface area contributed by atoms with Gasteiger partial charge in [0.2, 0.25) is 11.8 Å². The minimum absolute atomic E-state index is 0.199. The molecule has 0 aliphatic carbocycles. The van der Waals surface area contributed by atoms with Gasteiger partial charge in [-0.2, -0.15) is 0 Å². The molecule has 0 bridgehead atoms. The summed E-state index contributed by atoms with van der Waals surface area (Å²) in [5.74, 6) is -2.91. The molecule has 4 heterocycles. The van der Waals surface area contributed by atoms with Crippen LogP contribution in [0, 0.1) is 18.8 Å². The maximum Gasteiger partial charge on any atom is 0.253 e. The van der Waals surface area contributed by atoms with E-state index in [0.717, 1.165) is 5.56 Å². The Balaban J connectivity index is 1.39. The number of benzene rings is 3. The number of anilines is 2. The Bertz CT molecular complexity index is 1660. The van der Waals surface area contributed by atoms with Crippen LogP contribution in [0.3, 0.4) is 0 Å². The quantitative estimate of drug-likeness (QED) is 0.431. The highest BCUT2D eigenvalue weighted by Crippen LogP contribution is 2.55. The largest absolute Gasteiger partial charge is 0.394 e. The second kappa shape index (κ2) is 11.0. The van der Waals surface area contributed by atoms with Crippen molar-refractivity contribution < 1.29 is 24.2 Å². The van der Waals surface area contributed by atoms with Gasteiger partial charge < -0.3 is 24.5 Å². The van der Waals surface area contributed by atoms with Crippen LogP contribution in [0.5, 0.6) is 0 Å². The van der Waals surface area contributed by atoms with Crippen LogP contribution in [0.2, 0.25) is 5.02 Å². The van der Waals surface area contributed by atoms with Gasteiger partial charge in [-0.25, -0.2) is 0 Å². The monoisotopic (exact) mass is 609 g/mol. The molecule has 224 valence electrons. The van der Waals surface area contributed by atoms with Gasteiger partial charge in [-0.15, -0.1) is 0 Å². The van der Waals surface area contributed by atoms with E-state index in [1.54, 1.807) is 21.9 Å². The number of likely N-dealkylation sites (tertiary alicyclic amines) is 1. The Labute approximate surface area is 260 Å². The summed E-state index contributed by atoms with van der Waals surface area (Å²) in [6, 6.07) is 21.9. The van der Waals surface area contributed by atoms with E-state index in [0.29, 0.717) is 28.5 Å². The molecule has 2 fully saturated rings. The molecule has 4 aliphatic heterocycles. The Morgan fingerprint density at radius 1 is 0.886 bits per heavy atom.